The molecule has 0 spiro atoms. The van der Waals surface area contributed by atoms with Gasteiger partial charge in [0.15, 0.2) is 6.29 Å². The van der Waals surface area contributed by atoms with E-state index < -0.39 is 12.3 Å². The highest BCUT2D eigenvalue weighted by molar-refractivity contribution is 7.99. The highest BCUT2D eigenvalue weighted by Crippen LogP contribution is 2.43. The van der Waals surface area contributed by atoms with Crippen molar-refractivity contribution in [3.63, 3.8) is 0 Å². The number of amides is 2. The first kappa shape index (κ1) is 27.7. The second-order valence-corrected chi connectivity index (χ2v) is 10.1. The van der Waals surface area contributed by atoms with E-state index in [0.717, 1.165) is 16.7 Å². The number of carbonyl (C=O) groups excluding carboxylic acids is 1. The van der Waals surface area contributed by atoms with Crippen molar-refractivity contribution in [3.05, 3.63) is 95.1 Å². The molecule has 3 aromatic rings. The van der Waals surface area contributed by atoms with Gasteiger partial charge in [-0.1, -0.05) is 55.5 Å². The number of urea groups is 1. The van der Waals surface area contributed by atoms with Crippen molar-refractivity contribution in [2.45, 2.75) is 43.8 Å². The van der Waals surface area contributed by atoms with Crippen molar-refractivity contribution in [3.8, 4) is 0 Å². The molecule has 4 atom stereocenters. The molecular formula is C29H32N2O6S. The third kappa shape index (κ3) is 6.73. The van der Waals surface area contributed by atoms with Crippen LogP contribution in [0.25, 0.3) is 0 Å². The van der Waals surface area contributed by atoms with E-state index in [-0.39, 0.29) is 36.3 Å². The summed E-state index contributed by atoms with van der Waals surface area (Å²) in [6.45, 7) is 4.38. The molecule has 4 N–H and O–H groups in total. The molecule has 0 unspecified atom stereocenters. The number of hydrogen-bond acceptors (Lipinski definition) is 6. The number of hydrogen-bond donors (Lipinski definition) is 4. The summed E-state index contributed by atoms with van der Waals surface area (Å²) in [6, 6.07) is 21.6. The number of anilines is 1. The van der Waals surface area contributed by atoms with Crippen molar-refractivity contribution in [2.24, 2.45) is 5.92 Å². The summed E-state index contributed by atoms with van der Waals surface area (Å²) in [7, 11) is 0. The zero-order chi connectivity index (χ0) is 27.1. The van der Waals surface area contributed by atoms with Gasteiger partial charge in [0.2, 0.25) is 0 Å². The zero-order valence-corrected chi connectivity index (χ0v) is 22.1. The molecule has 1 saturated heterocycles. The maximum Gasteiger partial charge on any atom is 0.336 e. The monoisotopic (exact) mass is 536 g/mol. The molecule has 0 aromatic heterocycles. The van der Waals surface area contributed by atoms with Gasteiger partial charge in [-0.2, -0.15) is 0 Å². The number of carboxylic acids is 1. The molecule has 200 valence electrons. The fraction of sp³-hybridized carbons (Fsp3) is 0.310. The summed E-state index contributed by atoms with van der Waals surface area (Å²) in [5.41, 5.74) is 3.40. The fourth-order valence-electron chi connectivity index (χ4n) is 4.35. The van der Waals surface area contributed by atoms with Crippen LogP contribution in [0.15, 0.2) is 77.7 Å². The Bertz CT molecular complexity index is 1250. The number of aliphatic hydroxyl groups is 1. The lowest BCUT2D eigenvalue weighted by Gasteiger charge is -2.41. The van der Waals surface area contributed by atoms with Crippen LogP contribution in [-0.4, -0.2) is 40.6 Å². The molecule has 1 aliphatic rings. The molecule has 4 rings (SSSR count). The van der Waals surface area contributed by atoms with E-state index in [1.54, 1.807) is 24.3 Å². The van der Waals surface area contributed by atoms with E-state index >= 15 is 0 Å². The van der Waals surface area contributed by atoms with E-state index in [2.05, 4.69) is 17.6 Å². The molecule has 0 aliphatic carbocycles. The van der Waals surface area contributed by atoms with Gasteiger partial charge in [-0.05, 0) is 42.3 Å². The molecule has 38 heavy (non-hydrogen) atoms. The van der Waals surface area contributed by atoms with Crippen LogP contribution in [0.3, 0.4) is 0 Å². The summed E-state index contributed by atoms with van der Waals surface area (Å²) >= 11 is 1.44. The normalized spacial score (nSPS) is 21.0. The van der Waals surface area contributed by atoms with Gasteiger partial charge in [0.25, 0.3) is 0 Å². The van der Waals surface area contributed by atoms with Gasteiger partial charge >= 0.3 is 12.0 Å². The van der Waals surface area contributed by atoms with Gasteiger partial charge in [-0.3, -0.25) is 0 Å². The van der Waals surface area contributed by atoms with Gasteiger partial charge in [0.1, 0.15) is 0 Å². The predicted octanol–water partition coefficient (Wildman–Crippen LogP) is 5.60. The van der Waals surface area contributed by atoms with Crippen LogP contribution in [-0.2, 0) is 16.1 Å². The summed E-state index contributed by atoms with van der Waals surface area (Å²) in [6.07, 6.45) is -1.27. The highest BCUT2D eigenvalue weighted by atomic mass is 32.2. The summed E-state index contributed by atoms with van der Waals surface area (Å²) in [5, 5.41) is 24.6. The number of rotatable bonds is 9. The van der Waals surface area contributed by atoms with E-state index in [1.807, 2.05) is 55.5 Å². The molecule has 0 radical (unpaired) electrons. The Morgan fingerprint density at radius 2 is 1.74 bits per heavy atom. The number of benzene rings is 3. The Balaban J connectivity index is 1.60. The highest BCUT2D eigenvalue weighted by Gasteiger charge is 2.38. The zero-order valence-electron chi connectivity index (χ0n) is 21.3. The predicted molar refractivity (Wildman–Crippen MR) is 146 cm³/mol. The Labute approximate surface area is 226 Å². The number of carbonyl (C=O) groups is 2. The molecule has 8 nitrogen and oxygen atoms in total. The quantitative estimate of drug-likeness (QED) is 0.263. The van der Waals surface area contributed by atoms with Crippen LogP contribution < -0.4 is 10.6 Å². The summed E-state index contributed by atoms with van der Waals surface area (Å²) in [4.78, 5) is 24.4. The van der Waals surface area contributed by atoms with Crippen molar-refractivity contribution in [1.29, 1.82) is 0 Å². The molecule has 1 heterocycles. The third-order valence-corrected chi connectivity index (χ3v) is 7.56. The Morgan fingerprint density at radius 3 is 2.45 bits per heavy atom. The van der Waals surface area contributed by atoms with Crippen LogP contribution in [0.1, 0.15) is 53.3 Å². The smallest absolute Gasteiger partial charge is 0.336 e. The van der Waals surface area contributed by atoms with Gasteiger partial charge in [0, 0.05) is 34.4 Å². The minimum absolute atomic E-state index is 0.0409. The molecule has 9 heteroatoms. The molecule has 2 amide bonds. The first-order chi connectivity index (χ1) is 18.4. The standard InChI is InChI=1S/C29H32N2O6S/c1-3-30-29(35)31-22-8-6-7-21(15-22)28-36-24(17-38-25-10-5-4-9-23(25)27(33)34)18(2)26(37-28)20-13-11-19(16-32)12-14-20/h4-15,18,24,26,28,32H,3,16-17H2,1-2H3,(H,33,34)(H2,30,31,35)/t18-,24+,26+,28+/m1/s1. The average Bonchev–Trinajstić information content (AvgIpc) is 2.93. The number of carboxylic acid groups (broad SMARTS) is 1. The average molecular weight is 537 g/mol. The maximum absolute atomic E-state index is 12.0. The first-order valence-corrected chi connectivity index (χ1v) is 13.5. The van der Waals surface area contributed by atoms with Gasteiger partial charge in [-0.25, -0.2) is 9.59 Å². The van der Waals surface area contributed by atoms with Crippen LogP contribution in [0.5, 0.6) is 0 Å². The van der Waals surface area contributed by atoms with Crippen molar-refractivity contribution >= 4 is 29.4 Å². The lowest BCUT2D eigenvalue weighted by Crippen LogP contribution is -2.38. The third-order valence-electron chi connectivity index (χ3n) is 6.40. The first-order valence-electron chi connectivity index (χ1n) is 12.5. The number of aromatic carboxylic acids is 1. The van der Waals surface area contributed by atoms with Crippen LogP contribution in [0.2, 0.25) is 0 Å². The summed E-state index contributed by atoms with van der Waals surface area (Å²) < 4.78 is 12.9. The maximum atomic E-state index is 12.0. The summed E-state index contributed by atoms with van der Waals surface area (Å²) in [5.74, 6) is -0.495. The van der Waals surface area contributed by atoms with Crippen molar-refractivity contribution < 1.29 is 29.3 Å². The minimum Gasteiger partial charge on any atom is -0.478 e. The number of ether oxygens (including phenoxy) is 2. The Kier molecular flexibility index (Phi) is 9.41. The number of nitrogens with one attached hydrogen (secondary N) is 2. The molecule has 0 bridgehead atoms. The second-order valence-electron chi connectivity index (χ2n) is 9.04. The van der Waals surface area contributed by atoms with Crippen LogP contribution >= 0.6 is 11.8 Å². The largest absolute Gasteiger partial charge is 0.478 e. The lowest BCUT2D eigenvalue weighted by atomic mass is 9.91. The van der Waals surface area contributed by atoms with Crippen LogP contribution in [0, 0.1) is 5.92 Å². The molecular weight excluding hydrogens is 504 g/mol. The second kappa shape index (κ2) is 12.9. The van der Waals surface area contributed by atoms with Gasteiger partial charge in [0.05, 0.1) is 24.4 Å². The van der Waals surface area contributed by atoms with E-state index in [9.17, 15) is 19.8 Å². The Morgan fingerprint density at radius 1 is 0.974 bits per heavy atom. The molecule has 1 aliphatic heterocycles. The number of thioether (sulfide) groups is 1. The van der Waals surface area contributed by atoms with E-state index in [4.69, 9.17) is 9.47 Å². The number of aliphatic hydroxyl groups excluding tert-OH is 1. The van der Waals surface area contributed by atoms with Crippen LogP contribution in [0.4, 0.5) is 10.5 Å². The molecule has 1 fully saturated rings. The molecule has 0 saturated carbocycles. The van der Waals surface area contributed by atoms with Crippen molar-refractivity contribution in [1.82, 2.24) is 5.32 Å². The van der Waals surface area contributed by atoms with Crippen molar-refractivity contribution in [2.75, 3.05) is 17.6 Å². The minimum atomic E-state index is -0.967. The molecule has 3 aromatic carbocycles. The van der Waals surface area contributed by atoms with Gasteiger partial charge in [-0.15, -0.1) is 11.8 Å². The van der Waals surface area contributed by atoms with E-state index in [0.29, 0.717) is 22.9 Å². The topological polar surface area (TPSA) is 117 Å². The SMILES string of the molecule is CCNC(=O)Nc1cccc([C@H]2O[C@@H](CSc3ccccc3C(=O)O)[C@@H](C)[C@@H](c3ccc(CO)cc3)O2)c1. The van der Waals surface area contributed by atoms with Gasteiger partial charge < -0.3 is 30.3 Å². The Hall–Kier alpha value is -3.37. The lowest BCUT2D eigenvalue weighted by molar-refractivity contribution is -0.268. The fourth-order valence-corrected chi connectivity index (χ4v) is 5.56. The van der Waals surface area contributed by atoms with E-state index in [1.165, 1.54) is 11.8 Å².